The number of unbranched alkanes of at least 4 members (excludes halogenated alkanes) is 1. The summed E-state index contributed by atoms with van der Waals surface area (Å²) in [4.78, 5) is 7.54. The molecule has 0 saturated carbocycles. The molecular weight excluding hydrogens is 248 g/mol. The van der Waals surface area contributed by atoms with Gasteiger partial charge in [-0.1, -0.05) is 26.2 Å². The Morgan fingerprint density at radius 3 is 2.95 bits per heavy atom. The monoisotopic (exact) mass is 280 g/mol. The molecule has 0 aromatic rings. The van der Waals surface area contributed by atoms with Crippen LogP contribution in [-0.4, -0.2) is 42.6 Å². The van der Waals surface area contributed by atoms with Crippen LogP contribution in [0.2, 0.25) is 0 Å². The first-order valence-electron chi connectivity index (χ1n) is 8.55. The summed E-state index contributed by atoms with van der Waals surface area (Å²) in [5.74, 6) is 1.40. The number of aliphatic imine (C=N–C) groups is 1. The standard InChI is InChI=1S/C17H32N2O/c1-4-5-10-17(14-15(2)20-3)11-7-6-9-16-18-12-8-13-19(16)17/h15H,4-14H2,1-3H3. The van der Waals surface area contributed by atoms with E-state index in [9.17, 15) is 0 Å². The van der Waals surface area contributed by atoms with Crippen molar-refractivity contribution < 1.29 is 4.74 Å². The number of ether oxygens (including phenoxy) is 1. The van der Waals surface area contributed by atoms with E-state index >= 15 is 0 Å². The van der Waals surface area contributed by atoms with Gasteiger partial charge in [0, 0.05) is 32.2 Å². The number of rotatable bonds is 6. The van der Waals surface area contributed by atoms with Gasteiger partial charge >= 0.3 is 0 Å². The quantitative estimate of drug-likeness (QED) is 0.734. The summed E-state index contributed by atoms with van der Waals surface area (Å²) in [6.45, 7) is 6.77. The highest BCUT2D eigenvalue weighted by Crippen LogP contribution is 2.38. The van der Waals surface area contributed by atoms with Crippen molar-refractivity contribution in [1.29, 1.82) is 0 Å². The maximum atomic E-state index is 5.61. The Morgan fingerprint density at radius 2 is 2.20 bits per heavy atom. The van der Waals surface area contributed by atoms with Crippen molar-refractivity contribution >= 4 is 5.84 Å². The molecule has 2 heterocycles. The van der Waals surface area contributed by atoms with Gasteiger partial charge in [-0.05, 0) is 39.0 Å². The summed E-state index contributed by atoms with van der Waals surface area (Å²) in [5.41, 5.74) is 0.307. The molecule has 0 N–H and O–H groups in total. The van der Waals surface area contributed by atoms with Crippen LogP contribution in [0.25, 0.3) is 0 Å². The second-order valence-electron chi connectivity index (χ2n) is 6.59. The first-order valence-corrected chi connectivity index (χ1v) is 8.55. The van der Waals surface area contributed by atoms with Crippen LogP contribution in [0.15, 0.2) is 4.99 Å². The van der Waals surface area contributed by atoms with E-state index in [-0.39, 0.29) is 0 Å². The van der Waals surface area contributed by atoms with Crippen molar-refractivity contribution in [3.63, 3.8) is 0 Å². The van der Waals surface area contributed by atoms with Gasteiger partial charge in [0.15, 0.2) is 0 Å². The van der Waals surface area contributed by atoms with Crippen molar-refractivity contribution in [2.75, 3.05) is 20.2 Å². The lowest BCUT2D eigenvalue weighted by Crippen LogP contribution is -2.54. The lowest BCUT2D eigenvalue weighted by atomic mass is 9.81. The van der Waals surface area contributed by atoms with Crippen molar-refractivity contribution in [1.82, 2.24) is 4.90 Å². The lowest BCUT2D eigenvalue weighted by molar-refractivity contribution is 0.0358. The fraction of sp³-hybridized carbons (Fsp3) is 0.941. The maximum Gasteiger partial charge on any atom is 0.0993 e. The van der Waals surface area contributed by atoms with E-state index in [2.05, 4.69) is 18.7 Å². The summed E-state index contributed by atoms with van der Waals surface area (Å²) in [5, 5.41) is 0. The molecule has 2 aliphatic heterocycles. The zero-order valence-electron chi connectivity index (χ0n) is 13.7. The predicted octanol–water partition coefficient (Wildman–Crippen LogP) is 4.02. The fourth-order valence-electron chi connectivity index (χ4n) is 3.95. The third-order valence-corrected chi connectivity index (χ3v) is 5.08. The molecule has 1 saturated heterocycles. The second-order valence-corrected chi connectivity index (χ2v) is 6.59. The van der Waals surface area contributed by atoms with Gasteiger partial charge < -0.3 is 9.64 Å². The predicted molar refractivity (Wildman–Crippen MR) is 85.4 cm³/mol. The zero-order valence-corrected chi connectivity index (χ0v) is 13.7. The summed E-state index contributed by atoms with van der Waals surface area (Å²) in [6.07, 6.45) is 11.8. The molecule has 0 amide bonds. The minimum atomic E-state index is 0.307. The topological polar surface area (TPSA) is 24.8 Å². The average molecular weight is 280 g/mol. The van der Waals surface area contributed by atoms with E-state index in [4.69, 9.17) is 9.73 Å². The normalized spacial score (nSPS) is 28.6. The van der Waals surface area contributed by atoms with Crippen LogP contribution < -0.4 is 0 Å². The molecule has 116 valence electrons. The van der Waals surface area contributed by atoms with E-state index in [1.807, 2.05) is 7.11 Å². The van der Waals surface area contributed by atoms with Gasteiger partial charge in [0.05, 0.1) is 11.9 Å². The summed E-state index contributed by atoms with van der Waals surface area (Å²) in [6, 6.07) is 0. The molecule has 0 aromatic heterocycles. The molecule has 0 aromatic carbocycles. The smallest absolute Gasteiger partial charge is 0.0993 e. The van der Waals surface area contributed by atoms with Crippen molar-refractivity contribution in [2.24, 2.45) is 4.99 Å². The molecule has 3 heteroatoms. The number of methoxy groups -OCH3 is 1. The Kier molecular flexibility index (Phi) is 5.88. The van der Waals surface area contributed by atoms with Crippen LogP contribution in [0, 0.1) is 0 Å². The van der Waals surface area contributed by atoms with Gasteiger partial charge in [0.1, 0.15) is 0 Å². The summed E-state index contributed by atoms with van der Waals surface area (Å²) < 4.78 is 5.61. The highest BCUT2D eigenvalue weighted by atomic mass is 16.5. The van der Waals surface area contributed by atoms with Gasteiger partial charge in [0.2, 0.25) is 0 Å². The minimum Gasteiger partial charge on any atom is -0.382 e. The molecule has 0 spiro atoms. The molecule has 2 rings (SSSR count). The summed E-state index contributed by atoms with van der Waals surface area (Å²) in [7, 11) is 1.85. The molecular formula is C17H32N2O. The number of fused-ring (bicyclic) bond motifs is 1. The molecule has 20 heavy (non-hydrogen) atoms. The third-order valence-electron chi connectivity index (χ3n) is 5.08. The van der Waals surface area contributed by atoms with E-state index in [0.717, 1.165) is 13.0 Å². The second kappa shape index (κ2) is 7.44. The fourth-order valence-corrected chi connectivity index (χ4v) is 3.95. The molecule has 3 nitrogen and oxygen atoms in total. The Balaban J connectivity index is 2.24. The van der Waals surface area contributed by atoms with Crippen LogP contribution in [0.3, 0.4) is 0 Å². The van der Waals surface area contributed by atoms with Crippen LogP contribution in [0.5, 0.6) is 0 Å². The van der Waals surface area contributed by atoms with E-state index in [0.29, 0.717) is 11.6 Å². The van der Waals surface area contributed by atoms with Crippen LogP contribution in [0.4, 0.5) is 0 Å². The van der Waals surface area contributed by atoms with Crippen LogP contribution in [0.1, 0.15) is 71.6 Å². The maximum absolute atomic E-state index is 5.61. The molecule has 2 unspecified atom stereocenters. The minimum absolute atomic E-state index is 0.307. The Hall–Kier alpha value is -0.570. The van der Waals surface area contributed by atoms with Gasteiger partial charge in [-0.2, -0.15) is 0 Å². The molecule has 0 radical (unpaired) electrons. The first kappa shape index (κ1) is 15.8. The van der Waals surface area contributed by atoms with Crippen LogP contribution in [-0.2, 0) is 4.74 Å². The van der Waals surface area contributed by atoms with E-state index in [1.54, 1.807) is 0 Å². The van der Waals surface area contributed by atoms with E-state index < -0.39 is 0 Å². The molecule has 2 atom stereocenters. The number of nitrogens with zero attached hydrogens (tertiary/aromatic N) is 2. The Bertz CT molecular complexity index is 329. The van der Waals surface area contributed by atoms with Gasteiger partial charge in [-0.25, -0.2) is 0 Å². The van der Waals surface area contributed by atoms with Crippen LogP contribution >= 0.6 is 0 Å². The van der Waals surface area contributed by atoms with Gasteiger partial charge in [-0.15, -0.1) is 0 Å². The molecule has 0 aliphatic carbocycles. The van der Waals surface area contributed by atoms with Gasteiger partial charge in [0.25, 0.3) is 0 Å². The summed E-state index contributed by atoms with van der Waals surface area (Å²) >= 11 is 0. The SMILES string of the molecule is CCCCC1(CC(C)OC)CCCCC2=NCCCN21. The van der Waals surface area contributed by atoms with Gasteiger partial charge in [-0.3, -0.25) is 4.99 Å². The molecule has 0 bridgehead atoms. The number of amidine groups is 1. The lowest BCUT2D eigenvalue weighted by Gasteiger charge is -2.47. The number of hydrogen-bond donors (Lipinski definition) is 0. The third kappa shape index (κ3) is 3.55. The Labute approximate surface area is 124 Å². The first-order chi connectivity index (χ1) is 9.72. The highest BCUT2D eigenvalue weighted by Gasteiger charge is 2.40. The highest BCUT2D eigenvalue weighted by molar-refractivity contribution is 5.83. The van der Waals surface area contributed by atoms with Crippen molar-refractivity contribution in [3.05, 3.63) is 0 Å². The van der Waals surface area contributed by atoms with Crippen molar-refractivity contribution in [2.45, 2.75) is 83.3 Å². The Morgan fingerprint density at radius 1 is 1.35 bits per heavy atom. The average Bonchev–Trinajstić information content (AvgIpc) is 2.66. The van der Waals surface area contributed by atoms with E-state index in [1.165, 1.54) is 63.7 Å². The molecule has 1 fully saturated rings. The zero-order chi connectivity index (χ0) is 14.4. The molecule has 2 aliphatic rings. The number of hydrogen-bond acceptors (Lipinski definition) is 3. The van der Waals surface area contributed by atoms with Crippen molar-refractivity contribution in [3.8, 4) is 0 Å². The largest absolute Gasteiger partial charge is 0.382 e.